The summed E-state index contributed by atoms with van der Waals surface area (Å²) in [5.41, 5.74) is 3.50. The molecule has 0 saturated heterocycles. The van der Waals surface area contributed by atoms with E-state index in [4.69, 9.17) is 0 Å². The highest BCUT2D eigenvalue weighted by atomic mass is 32.2. The number of rotatable bonds is 7. The molecule has 0 radical (unpaired) electrons. The Bertz CT molecular complexity index is 612. The van der Waals surface area contributed by atoms with Crippen LogP contribution < -0.4 is 10.6 Å². The molecule has 0 unspecified atom stereocenters. The zero-order valence-electron chi connectivity index (χ0n) is 12.2. The summed E-state index contributed by atoms with van der Waals surface area (Å²) in [4.78, 5) is 28.0. The standard InChI is InChI=1S/C15H17N3O2S2/c1-11(19)16-6-7-17-15(20)12-2-4-14(5-3-12)22-9-13-8-21-10-18-13/h2-5,8,10H,6-7,9H2,1H3,(H,16,19)(H,17,20). The molecule has 0 aliphatic carbocycles. The fourth-order valence-corrected chi connectivity index (χ4v) is 3.15. The van der Waals surface area contributed by atoms with E-state index in [2.05, 4.69) is 15.6 Å². The minimum atomic E-state index is -0.138. The Morgan fingerprint density at radius 2 is 1.91 bits per heavy atom. The number of carbonyl (C=O) groups excluding carboxylic acids is 2. The van der Waals surface area contributed by atoms with Gasteiger partial charge in [0, 0.05) is 41.6 Å². The minimum absolute atomic E-state index is 0.101. The Morgan fingerprint density at radius 1 is 1.18 bits per heavy atom. The van der Waals surface area contributed by atoms with Crippen LogP contribution in [0.1, 0.15) is 23.0 Å². The van der Waals surface area contributed by atoms with Crippen LogP contribution in [0.2, 0.25) is 0 Å². The van der Waals surface area contributed by atoms with Crippen LogP contribution in [0.15, 0.2) is 40.1 Å². The summed E-state index contributed by atoms with van der Waals surface area (Å²) >= 11 is 3.28. The molecule has 1 aromatic carbocycles. The van der Waals surface area contributed by atoms with Crippen molar-refractivity contribution in [3.05, 3.63) is 46.4 Å². The largest absolute Gasteiger partial charge is 0.355 e. The van der Waals surface area contributed by atoms with Crippen LogP contribution in [0.3, 0.4) is 0 Å². The summed E-state index contributed by atoms with van der Waals surface area (Å²) in [6, 6.07) is 7.47. The third-order valence-electron chi connectivity index (χ3n) is 2.77. The molecule has 7 heteroatoms. The number of thiazole rings is 1. The van der Waals surface area contributed by atoms with Gasteiger partial charge in [-0.1, -0.05) is 0 Å². The highest BCUT2D eigenvalue weighted by Gasteiger charge is 2.05. The molecule has 0 atom stereocenters. The molecule has 2 aromatic rings. The van der Waals surface area contributed by atoms with E-state index in [1.54, 1.807) is 35.2 Å². The lowest BCUT2D eigenvalue weighted by atomic mass is 10.2. The number of hydrogen-bond donors (Lipinski definition) is 2. The molecular weight excluding hydrogens is 318 g/mol. The molecule has 0 spiro atoms. The molecule has 2 amide bonds. The third kappa shape index (κ3) is 5.50. The van der Waals surface area contributed by atoms with Gasteiger partial charge >= 0.3 is 0 Å². The highest BCUT2D eigenvalue weighted by Crippen LogP contribution is 2.22. The first kappa shape index (κ1) is 16.5. The van der Waals surface area contributed by atoms with Crippen molar-refractivity contribution in [3.8, 4) is 0 Å². The summed E-state index contributed by atoms with van der Waals surface area (Å²) in [5.74, 6) is 0.586. The Labute approximate surface area is 137 Å². The molecule has 22 heavy (non-hydrogen) atoms. The number of benzene rings is 1. The second kappa shape index (κ2) is 8.55. The summed E-state index contributed by atoms with van der Waals surface area (Å²) in [7, 11) is 0. The molecule has 0 fully saturated rings. The van der Waals surface area contributed by atoms with Crippen molar-refractivity contribution in [2.45, 2.75) is 17.6 Å². The van der Waals surface area contributed by atoms with Gasteiger partial charge in [0.15, 0.2) is 0 Å². The van der Waals surface area contributed by atoms with Crippen LogP contribution in [0, 0.1) is 0 Å². The van der Waals surface area contributed by atoms with E-state index in [0.29, 0.717) is 18.7 Å². The fraction of sp³-hybridized carbons (Fsp3) is 0.267. The molecule has 0 aliphatic heterocycles. The summed E-state index contributed by atoms with van der Waals surface area (Å²) in [6.45, 7) is 2.30. The van der Waals surface area contributed by atoms with Crippen molar-refractivity contribution in [3.63, 3.8) is 0 Å². The van der Waals surface area contributed by atoms with E-state index >= 15 is 0 Å². The van der Waals surface area contributed by atoms with E-state index in [1.807, 2.05) is 23.0 Å². The maximum Gasteiger partial charge on any atom is 0.251 e. The summed E-state index contributed by atoms with van der Waals surface area (Å²) in [6.07, 6.45) is 0. The maximum atomic E-state index is 11.9. The van der Waals surface area contributed by atoms with Crippen LogP contribution in [0.4, 0.5) is 0 Å². The Morgan fingerprint density at radius 3 is 2.55 bits per heavy atom. The highest BCUT2D eigenvalue weighted by molar-refractivity contribution is 7.98. The van der Waals surface area contributed by atoms with Gasteiger partial charge in [-0.05, 0) is 24.3 Å². The average Bonchev–Trinajstić information content (AvgIpc) is 3.03. The fourth-order valence-electron chi connectivity index (χ4n) is 1.69. The maximum absolute atomic E-state index is 11.9. The number of hydrogen-bond acceptors (Lipinski definition) is 5. The van der Waals surface area contributed by atoms with Crippen LogP contribution in [0.25, 0.3) is 0 Å². The predicted molar refractivity (Wildman–Crippen MR) is 89.1 cm³/mol. The van der Waals surface area contributed by atoms with Gasteiger partial charge in [-0.25, -0.2) is 4.98 Å². The van der Waals surface area contributed by atoms with Crippen molar-refractivity contribution in [1.29, 1.82) is 0 Å². The van der Waals surface area contributed by atoms with Crippen molar-refractivity contribution in [1.82, 2.24) is 15.6 Å². The minimum Gasteiger partial charge on any atom is -0.355 e. The summed E-state index contributed by atoms with van der Waals surface area (Å²) in [5, 5.41) is 7.42. The normalized spacial score (nSPS) is 10.2. The van der Waals surface area contributed by atoms with Crippen molar-refractivity contribution in [2.75, 3.05) is 13.1 Å². The molecule has 1 heterocycles. The van der Waals surface area contributed by atoms with Gasteiger partial charge in [0.2, 0.25) is 5.91 Å². The quantitative estimate of drug-likeness (QED) is 0.602. The Hall–Kier alpha value is -1.86. The van der Waals surface area contributed by atoms with Crippen molar-refractivity contribution < 1.29 is 9.59 Å². The number of nitrogens with zero attached hydrogens (tertiary/aromatic N) is 1. The molecule has 0 saturated carbocycles. The Kier molecular flexibility index (Phi) is 6.42. The number of nitrogens with one attached hydrogen (secondary N) is 2. The zero-order chi connectivity index (χ0) is 15.8. The van der Waals surface area contributed by atoms with Crippen molar-refractivity contribution >= 4 is 34.9 Å². The second-order valence-corrected chi connectivity index (χ2v) is 6.30. The van der Waals surface area contributed by atoms with Gasteiger partial charge in [0.05, 0.1) is 11.2 Å². The smallest absolute Gasteiger partial charge is 0.251 e. The topological polar surface area (TPSA) is 71.1 Å². The van der Waals surface area contributed by atoms with Crippen LogP contribution in [-0.2, 0) is 10.5 Å². The van der Waals surface area contributed by atoms with E-state index in [1.165, 1.54) is 6.92 Å². The number of aromatic nitrogens is 1. The first-order chi connectivity index (χ1) is 10.6. The van der Waals surface area contributed by atoms with Gasteiger partial charge < -0.3 is 10.6 Å². The number of amides is 2. The van der Waals surface area contributed by atoms with Crippen LogP contribution >= 0.6 is 23.1 Å². The first-order valence-corrected chi connectivity index (χ1v) is 8.70. The lowest BCUT2D eigenvalue weighted by Gasteiger charge is -2.06. The molecular formula is C15H17N3O2S2. The second-order valence-electron chi connectivity index (χ2n) is 4.53. The van der Waals surface area contributed by atoms with Crippen LogP contribution in [-0.4, -0.2) is 29.9 Å². The number of thioether (sulfide) groups is 1. The third-order valence-corrected chi connectivity index (χ3v) is 4.45. The zero-order valence-corrected chi connectivity index (χ0v) is 13.8. The van der Waals surface area contributed by atoms with E-state index < -0.39 is 0 Å². The first-order valence-electron chi connectivity index (χ1n) is 6.77. The molecule has 0 aliphatic rings. The lowest BCUT2D eigenvalue weighted by Crippen LogP contribution is -2.33. The van der Waals surface area contributed by atoms with Gasteiger partial charge in [-0.2, -0.15) is 0 Å². The van der Waals surface area contributed by atoms with Gasteiger partial charge in [-0.3, -0.25) is 9.59 Å². The SMILES string of the molecule is CC(=O)NCCNC(=O)c1ccc(SCc2cscn2)cc1. The van der Waals surface area contributed by atoms with Gasteiger partial charge in [0.25, 0.3) is 5.91 Å². The monoisotopic (exact) mass is 335 g/mol. The van der Waals surface area contributed by atoms with Crippen LogP contribution in [0.5, 0.6) is 0 Å². The molecule has 0 bridgehead atoms. The van der Waals surface area contributed by atoms with E-state index in [9.17, 15) is 9.59 Å². The summed E-state index contributed by atoms with van der Waals surface area (Å²) < 4.78 is 0. The molecule has 1 aromatic heterocycles. The Balaban J connectivity index is 1.78. The lowest BCUT2D eigenvalue weighted by molar-refractivity contribution is -0.118. The van der Waals surface area contributed by atoms with E-state index in [0.717, 1.165) is 16.3 Å². The molecule has 116 valence electrons. The molecule has 2 N–H and O–H groups in total. The average molecular weight is 335 g/mol. The van der Waals surface area contributed by atoms with E-state index in [-0.39, 0.29) is 11.8 Å². The molecule has 5 nitrogen and oxygen atoms in total. The van der Waals surface area contributed by atoms with Gasteiger partial charge in [0.1, 0.15) is 0 Å². The number of carbonyl (C=O) groups is 2. The predicted octanol–water partition coefficient (Wildman–Crippen LogP) is 2.30. The molecule has 2 rings (SSSR count). The van der Waals surface area contributed by atoms with Gasteiger partial charge in [-0.15, -0.1) is 23.1 Å². The van der Waals surface area contributed by atoms with Crippen molar-refractivity contribution in [2.24, 2.45) is 0 Å².